The van der Waals surface area contributed by atoms with Crippen LogP contribution in [0.2, 0.25) is 0 Å². The van der Waals surface area contributed by atoms with Crippen LogP contribution in [0.1, 0.15) is 35.6 Å². The van der Waals surface area contributed by atoms with E-state index in [1.807, 2.05) is 36.4 Å². The summed E-state index contributed by atoms with van der Waals surface area (Å²) < 4.78 is 25.0. The lowest BCUT2D eigenvalue weighted by molar-refractivity contribution is -0.0490. The molecule has 9 heteroatoms. The van der Waals surface area contributed by atoms with Gasteiger partial charge in [0, 0.05) is 59.0 Å². The molecular formula is C38H40N2O7. The molecule has 9 nitrogen and oxygen atoms in total. The zero-order valence-electron chi connectivity index (χ0n) is 26.4. The quantitative estimate of drug-likeness (QED) is 0.234. The second kappa shape index (κ2) is 10.2. The Hall–Kier alpha value is -4.05. The van der Waals surface area contributed by atoms with Gasteiger partial charge in [0.1, 0.15) is 18.3 Å². The lowest BCUT2D eigenvalue weighted by Gasteiger charge is -2.57. The molecule has 3 N–H and O–H groups in total. The summed E-state index contributed by atoms with van der Waals surface area (Å²) in [6, 6.07) is 7.85. The highest BCUT2D eigenvalue weighted by Gasteiger charge is 2.65. The Labute approximate surface area is 274 Å². The highest BCUT2D eigenvalue weighted by atomic mass is 16.7. The fourth-order valence-corrected chi connectivity index (χ4v) is 10.4. The minimum atomic E-state index is -0.861. The van der Waals surface area contributed by atoms with E-state index >= 15 is 0 Å². The number of phenolic OH excluding ortho intramolecular Hbond substituents is 1. The van der Waals surface area contributed by atoms with Gasteiger partial charge in [0.2, 0.25) is 0 Å². The number of piperidine rings is 1. The van der Waals surface area contributed by atoms with Crippen LogP contribution in [0, 0.1) is 11.8 Å². The van der Waals surface area contributed by atoms with Crippen molar-refractivity contribution >= 4 is 6.16 Å². The topological polar surface area (TPSA) is 110 Å². The molecule has 1 spiro atoms. The van der Waals surface area contributed by atoms with Crippen LogP contribution in [0.5, 0.6) is 23.0 Å². The van der Waals surface area contributed by atoms with E-state index in [4.69, 9.17) is 18.9 Å². The molecule has 47 heavy (non-hydrogen) atoms. The van der Waals surface area contributed by atoms with Crippen LogP contribution in [0.15, 0.2) is 73.9 Å². The number of hydrogen-bond donors (Lipinski definition) is 3. The number of benzene rings is 2. The number of aliphatic hydroxyl groups is 1. The molecule has 3 heterocycles. The van der Waals surface area contributed by atoms with Gasteiger partial charge in [-0.05, 0) is 55.1 Å². The number of likely N-dealkylation sites (tertiary alicyclic amines) is 1. The number of carbonyl (C=O) groups is 1. The summed E-state index contributed by atoms with van der Waals surface area (Å²) in [6.45, 7) is 12.3. The molecule has 244 valence electrons. The van der Waals surface area contributed by atoms with Crippen molar-refractivity contribution in [1.82, 2.24) is 10.2 Å². The first-order valence-corrected chi connectivity index (χ1v) is 16.8. The number of nitrogens with zero attached hydrogens (tertiary/aromatic N) is 1. The van der Waals surface area contributed by atoms with Crippen LogP contribution < -0.4 is 19.5 Å². The number of ether oxygens (including phenoxy) is 4. The van der Waals surface area contributed by atoms with E-state index in [0.717, 1.165) is 49.0 Å². The Morgan fingerprint density at radius 2 is 1.81 bits per heavy atom. The summed E-state index contributed by atoms with van der Waals surface area (Å²) in [4.78, 5) is 16.1. The summed E-state index contributed by atoms with van der Waals surface area (Å²) in [6.07, 6.45) is 10.9. The number of aliphatic hydroxyl groups excluding tert-OH is 1. The number of aromatic hydroxyl groups is 1. The fraction of sp³-hybridized carbons (Fsp3) is 0.447. The van der Waals surface area contributed by atoms with E-state index in [-0.39, 0.29) is 29.7 Å². The Bertz CT molecular complexity index is 1770. The number of phenols is 1. The average molecular weight is 637 g/mol. The van der Waals surface area contributed by atoms with Gasteiger partial charge in [0.05, 0.1) is 0 Å². The Kier molecular flexibility index (Phi) is 6.33. The van der Waals surface area contributed by atoms with E-state index in [9.17, 15) is 15.0 Å². The molecule has 1 fully saturated rings. The van der Waals surface area contributed by atoms with Crippen molar-refractivity contribution in [2.24, 2.45) is 11.8 Å². The maximum absolute atomic E-state index is 13.6. The Morgan fingerprint density at radius 3 is 2.64 bits per heavy atom. The van der Waals surface area contributed by atoms with Gasteiger partial charge >= 0.3 is 6.16 Å². The second-order valence-corrected chi connectivity index (χ2v) is 14.3. The van der Waals surface area contributed by atoms with Gasteiger partial charge in [-0.15, -0.1) is 13.2 Å². The molecule has 3 aliphatic heterocycles. The van der Waals surface area contributed by atoms with Gasteiger partial charge in [-0.1, -0.05) is 49.4 Å². The van der Waals surface area contributed by atoms with Crippen molar-refractivity contribution in [3.05, 3.63) is 96.1 Å². The number of hydrogen-bond acceptors (Lipinski definition) is 9. The maximum Gasteiger partial charge on any atom is 0.514 e. The lowest BCUT2D eigenvalue weighted by Crippen LogP contribution is -2.65. The molecule has 10 atom stereocenters. The summed E-state index contributed by atoms with van der Waals surface area (Å²) in [5.74, 6) is 1.59. The summed E-state index contributed by atoms with van der Waals surface area (Å²) in [7, 11) is 0. The predicted molar refractivity (Wildman–Crippen MR) is 174 cm³/mol. The van der Waals surface area contributed by atoms with Crippen LogP contribution in [0.4, 0.5) is 4.79 Å². The molecule has 2 aromatic rings. The first kappa shape index (κ1) is 29.1. The zero-order chi connectivity index (χ0) is 32.2. The van der Waals surface area contributed by atoms with E-state index in [1.165, 1.54) is 5.56 Å². The smallest absolute Gasteiger partial charge is 0.504 e. The molecule has 0 amide bonds. The van der Waals surface area contributed by atoms with Gasteiger partial charge in [-0.2, -0.15) is 0 Å². The molecular weight excluding hydrogens is 596 g/mol. The Balaban J connectivity index is 1.02. The molecule has 0 aromatic heterocycles. The van der Waals surface area contributed by atoms with Crippen molar-refractivity contribution in [2.45, 2.75) is 73.5 Å². The third-order valence-corrected chi connectivity index (χ3v) is 12.3. The van der Waals surface area contributed by atoms with Gasteiger partial charge in [0.15, 0.2) is 29.1 Å². The SMILES string of the molecule is C=CCNC1Cc2ccc(O)c3c2[C@]2(C)[C@H]1C=C[C@H](OC(=O)Oc1ccc4c5c1O[C@H]1[C@@H](O)C=C[C@H]6[C@@H](C4)N(CC=C)CC[C@@]561)[C@@H]2O3. The third-order valence-electron chi connectivity index (χ3n) is 12.3. The molecule has 0 radical (unpaired) electrons. The Morgan fingerprint density at radius 1 is 1.02 bits per heavy atom. The number of rotatable bonds is 7. The lowest BCUT2D eigenvalue weighted by atomic mass is 9.53. The van der Waals surface area contributed by atoms with Gasteiger partial charge < -0.3 is 34.5 Å². The van der Waals surface area contributed by atoms with Gasteiger partial charge in [-0.25, -0.2) is 4.79 Å². The highest BCUT2D eigenvalue weighted by Crippen LogP contribution is 2.63. The minimum absolute atomic E-state index is 0.0472. The van der Waals surface area contributed by atoms with Crippen molar-refractivity contribution in [2.75, 3.05) is 19.6 Å². The van der Waals surface area contributed by atoms with Crippen molar-refractivity contribution in [3.63, 3.8) is 0 Å². The summed E-state index contributed by atoms with van der Waals surface area (Å²) >= 11 is 0. The second-order valence-electron chi connectivity index (χ2n) is 14.3. The van der Waals surface area contributed by atoms with Crippen molar-refractivity contribution < 1.29 is 34.0 Å². The average Bonchev–Trinajstić information content (AvgIpc) is 3.58. The van der Waals surface area contributed by atoms with Crippen molar-refractivity contribution in [3.8, 4) is 23.0 Å². The molecule has 7 aliphatic rings. The highest BCUT2D eigenvalue weighted by molar-refractivity contribution is 5.70. The molecule has 0 saturated carbocycles. The molecule has 2 aromatic carbocycles. The molecule has 2 bridgehead atoms. The third kappa shape index (κ3) is 3.79. The van der Waals surface area contributed by atoms with Gasteiger partial charge in [0.25, 0.3) is 0 Å². The maximum atomic E-state index is 13.6. The van der Waals surface area contributed by atoms with Gasteiger partial charge in [-0.3, -0.25) is 4.90 Å². The van der Waals surface area contributed by atoms with Crippen LogP contribution in [0.3, 0.4) is 0 Å². The number of nitrogens with one attached hydrogen (secondary N) is 1. The van der Waals surface area contributed by atoms with E-state index < -0.39 is 41.4 Å². The normalized spacial score (nSPS) is 37.7. The first-order chi connectivity index (χ1) is 22.8. The van der Waals surface area contributed by atoms with E-state index in [2.05, 4.69) is 42.5 Å². The molecule has 4 aliphatic carbocycles. The molecule has 1 unspecified atom stereocenters. The summed E-state index contributed by atoms with van der Waals surface area (Å²) in [5, 5.41) is 25.5. The van der Waals surface area contributed by atoms with Crippen molar-refractivity contribution in [1.29, 1.82) is 0 Å². The first-order valence-electron chi connectivity index (χ1n) is 16.8. The van der Waals surface area contributed by atoms with E-state index in [0.29, 0.717) is 23.8 Å². The van der Waals surface area contributed by atoms with Crippen LogP contribution in [-0.4, -0.2) is 77.4 Å². The molecule has 1 saturated heterocycles. The minimum Gasteiger partial charge on any atom is -0.504 e. The van der Waals surface area contributed by atoms with E-state index in [1.54, 1.807) is 12.1 Å². The summed E-state index contributed by atoms with van der Waals surface area (Å²) in [5.41, 5.74) is 3.38. The van der Waals surface area contributed by atoms with Crippen LogP contribution >= 0.6 is 0 Å². The standard InChI is InChI=1S/C38H40N2O7/c1-4-15-39-24-18-20-6-10-26(41)32-30(20)37(3)22(24)9-13-29(35(37)46-32)45-36(43)44-28-12-7-21-19-25-23-8-11-27(42)34-38(23,31(21)33(28)47-34)14-17-40(25)16-5-2/h4-13,22-25,27,29,34-35,39,41-42H,1-2,14-19H2,3H3/t22-,23-,24?,25+,27-,29-,34-,35-,37-,38-/m0/s1. The number of carbonyl (C=O) groups excluding carboxylic acids is 1. The monoisotopic (exact) mass is 636 g/mol. The molecule has 9 rings (SSSR count). The van der Waals surface area contributed by atoms with Crippen LogP contribution in [0.25, 0.3) is 0 Å². The predicted octanol–water partition coefficient (Wildman–Crippen LogP) is 4.24. The fourth-order valence-electron chi connectivity index (χ4n) is 10.4. The largest absolute Gasteiger partial charge is 0.514 e. The zero-order valence-corrected chi connectivity index (χ0v) is 26.4. The van der Waals surface area contributed by atoms with Crippen LogP contribution in [-0.2, 0) is 28.4 Å².